The van der Waals surface area contributed by atoms with E-state index in [2.05, 4.69) is 4.98 Å². The first-order valence-electron chi connectivity index (χ1n) is 9.47. The summed E-state index contributed by atoms with van der Waals surface area (Å²) in [6.45, 7) is 4.26. The monoisotopic (exact) mass is 416 g/mol. The highest BCUT2D eigenvalue weighted by Crippen LogP contribution is 2.41. The highest BCUT2D eigenvalue weighted by Gasteiger charge is 2.46. The average molecular weight is 416 g/mol. The predicted octanol–water partition coefficient (Wildman–Crippen LogP) is 3.66. The third-order valence-corrected chi connectivity index (χ3v) is 6.35. The number of aromatic nitrogens is 1. The summed E-state index contributed by atoms with van der Waals surface area (Å²) in [4.78, 5) is 32.2. The Kier molecular flexibility index (Phi) is 5.23. The molecule has 1 aromatic carbocycles. The van der Waals surface area contributed by atoms with E-state index in [9.17, 15) is 19.1 Å². The molecule has 1 N–H and O–H groups in total. The Morgan fingerprint density at radius 1 is 1.38 bits per heavy atom. The van der Waals surface area contributed by atoms with Crippen LogP contribution < -0.4 is 0 Å². The van der Waals surface area contributed by atoms with Crippen molar-refractivity contribution in [3.63, 3.8) is 0 Å². The lowest BCUT2D eigenvalue weighted by Gasteiger charge is -2.29. The molecule has 1 fully saturated rings. The largest absolute Gasteiger partial charge is 0.503 e. The zero-order chi connectivity index (χ0) is 20.7. The zero-order valence-corrected chi connectivity index (χ0v) is 17.0. The Morgan fingerprint density at radius 2 is 2.14 bits per heavy atom. The van der Waals surface area contributed by atoms with Crippen LogP contribution in [0.4, 0.5) is 4.39 Å². The van der Waals surface area contributed by atoms with Crippen molar-refractivity contribution in [2.24, 2.45) is 0 Å². The van der Waals surface area contributed by atoms with Gasteiger partial charge in [0.15, 0.2) is 5.76 Å². The van der Waals surface area contributed by atoms with Gasteiger partial charge in [0.2, 0.25) is 5.78 Å². The summed E-state index contributed by atoms with van der Waals surface area (Å²) in [5.41, 5.74) is 0.588. The minimum Gasteiger partial charge on any atom is -0.503 e. The van der Waals surface area contributed by atoms with Gasteiger partial charge in [0.05, 0.1) is 33.3 Å². The first-order valence-corrected chi connectivity index (χ1v) is 10.3. The fourth-order valence-corrected chi connectivity index (χ4v) is 4.84. The maximum atomic E-state index is 14.7. The van der Waals surface area contributed by atoms with E-state index in [4.69, 9.17) is 4.74 Å². The van der Waals surface area contributed by atoms with Crippen LogP contribution >= 0.6 is 11.3 Å². The van der Waals surface area contributed by atoms with Crippen molar-refractivity contribution in [3.05, 3.63) is 62.6 Å². The van der Waals surface area contributed by atoms with E-state index in [1.165, 1.54) is 28.4 Å². The highest BCUT2D eigenvalue weighted by atomic mass is 32.1. The molecule has 1 amide bonds. The third-order valence-electron chi connectivity index (χ3n) is 5.28. The molecule has 0 bridgehead atoms. The predicted molar refractivity (Wildman–Crippen MR) is 105 cm³/mol. The van der Waals surface area contributed by atoms with E-state index in [-0.39, 0.29) is 23.8 Å². The van der Waals surface area contributed by atoms with Crippen molar-refractivity contribution >= 4 is 23.0 Å². The fraction of sp³-hybridized carbons (Fsp3) is 0.381. The number of nitrogens with zero attached hydrogens (tertiary/aromatic N) is 2. The maximum absolute atomic E-state index is 14.7. The second-order valence-electron chi connectivity index (χ2n) is 7.26. The standard InChI is InChI=1S/C21H21FN2O4S/c1-11-20(29-12(2)23-11)18(25)16-17(14-7-3-4-8-15(14)22)24(21(27)19(16)26)10-13-6-5-9-28-13/h3-4,7-8,13,17,26H,5-6,9-10H2,1-2H3. The molecule has 6 nitrogen and oxygen atoms in total. The number of aryl methyl sites for hydroxylation is 2. The summed E-state index contributed by atoms with van der Waals surface area (Å²) in [6, 6.07) is 4.99. The normalized spacial score (nSPS) is 22.0. The van der Waals surface area contributed by atoms with Crippen molar-refractivity contribution in [2.45, 2.75) is 38.8 Å². The van der Waals surface area contributed by atoms with E-state index in [1.54, 1.807) is 26.0 Å². The Labute approximate surface area is 171 Å². The smallest absolute Gasteiger partial charge is 0.290 e. The van der Waals surface area contributed by atoms with Crippen LogP contribution in [0.5, 0.6) is 0 Å². The summed E-state index contributed by atoms with van der Waals surface area (Å²) < 4.78 is 20.3. The molecule has 0 aliphatic carbocycles. The van der Waals surface area contributed by atoms with Gasteiger partial charge in [-0.05, 0) is 32.8 Å². The Bertz CT molecular complexity index is 1010. The number of benzene rings is 1. The van der Waals surface area contributed by atoms with Crippen LogP contribution in [-0.2, 0) is 9.53 Å². The number of amides is 1. The number of ketones is 1. The summed E-state index contributed by atoms with van der Waals surface area (Å²) in [7, 11) is 0. The highest BCUT2D eigenvalue weighted by molar-refractivity contribution is 7.14. The molecule has 3 heterocycles. The number of aliphatic hydroxyl groups excluding tert-OH is 1. The molecule has 2 aliphatic heterocycles. The number of ether oxygens (including phenoxy) is 1. The lowest BCUT2D eigenvalue weighted by Crippen LogP contribution is -2.37. The molecule has 1 saturated heterocycles. The van der Waals surface area contributed by atoms with Crippen molar-refractivity contribution in [2.75, 3.05) is 13.2 Å². The van der Waals surface area contributed by atoms with Crippen LogP contribution in [0.2, 0.25) is 0 Å². The number of carbonyl (C=O) groups excluding carboxylic acids is 2. The van der Waals surface area contributed by atoms with Crippen LogP contribution in [0.3, 0.4) is 0 Å². The van der Waals surface area contributed by atoms with Crippen LogP contribution in [0.1, 0.15) is 44.8 Å². The van der Waals surface area contributed by atoms with Crippen LogP contribution in [0.15, 0.2) is 35.6 Å². The first-order chi connectivity index (χ1) is 13.9. The number of halogens is 1. The summed E-state index contributed by atoms with van der Waals surface area (Å²) in [5.74, 6) is -2.36. The van der Waals surface area contributed by atoms with Crippen molar-refractivity contribution in [3.8, 4) is 0 Å². The number of Topliss-reactive ketones (excluding diaryl/α,β-unsaturated/α-hetero) is 1. The molecule has 2 atom stereocenters. The van der Waals surface area contributed by atoms with Gasteiger partial charge >= 0.3 is 0 Å². The maximum Gasteiger partial charge on any atom is 0.290 e. The van der Waals surface area contributed by atoms with Crippen LogP contribution in [0.25, 0.3) is 0 Å². The van der Waals surface area contributed by atoms with E-state index in [0.717, 1.165) is 12.8 Å². The Balaban J connectivity index is 1.80. The number of aliphatic hydroxyl groups is 1. The molecule has 0 radical (unpaired) electrons. The van der Waals surface area contributed by atoms with Gasteiger partial charge in [-0.3, -0.25) is 9.59 Å². The lowest BCUT2D eigenvalue weighted by molar-refractivity contribution is -0.131. The number of rotatable bonds is 5. The molecule has 0 spiro atoms. The fourth-order valence-electron chi connectivity index (χ4n) is 3.97. The summed E-state index contributed by atoms with van der Waals surface area (Å²) >= 11 is 1.19. The van der Waals surface area contributed by atoms with Gasteiger partial charge in [-0.1, -0.05) is 18.2 Å². The molecule has 4 rings (SSSR count). The first kappa shape index (κ1) is 19.7. The van der Waals surface area contributed by atoms with Gasteiger partial charge in [-0.25, -0.2) is 9.37 Å². The SMILES string of the molecule is Cc1nc(C)c(C(=O)C2=C(O)C(=O)N(CC3CCCO3)C2c2ccccc2F)s1. The molecule has 29 heavy (non-hydrogen) atoms. The third kappa shape index (κ3) is 3.47. The van der Waals surface area contributed by atoms with Gasteiger partial charge in [0, 0.05) is 18.7 Å². The molecule has 0 saturated carbocycles. The quantitative estimate of drug-likeness (QED) is 0.753. The zero-order valence-electron chi connectivity index (χ0n) is 16.1. The van der Waals surface area contributed by atoms with E-state index >= 15 is 0 Å². The van der Waals surface area contributed by atoms with Gasteiger partial charge < -0.3 is 14.7 Å². The van der Waals surface area contributed by atoms with E-state index in [1.807, 2.05) is 0 Å². The molecule has 1 aromatic heterocycles. The lowest BCUT2D eigenvalue weighted by atomic mass is 9.94. The second kappa shape index (κ2) is 7.68. The second-order valence-corrected chi connectivity index (χ2v) is 8.46. The van der Waals surface area contributed by atoms with E-state index < -0.39 is 29.3 Å². The van der Waals surface area contributed by atoms with E-state index in [0.29, 0.717) is 22.2 Å². The Hall–Kier alpha value is -2.58. The molecular weight excluding hydrogens is 395 g/mol. The molecule has 2 aliphatic rings. The minimum atomic E-state index is -1.01. The molecule has 152 valence electrons. The van der Waals surface area contributed by atoms with Crippen LogP contribution in [0, 0.1) is 19.7 Å². The number of carbonyl (C=O) groups is 2. The number of thiazole rings is 1. The van der Waals surface area contributed by atoms with Crippen molar-refractivity contribution < 1.29 is 23.8 Å². The molecular formula is C21H21FN2O4S. The summed E-state index contributed by atoms with van der Waals surface area (Å²) in [6.07, 6.45) is 1.44. The van der Waals surface area contributed by atoms with Gasteiger partial charge in [0.1, 0.15) is 5.82 Å². The minimum absolute atomic E-state index is 0.107. The molecule has 2 aromatic rings. The topological polar surface area (TPSA) is 79.7 Å². The van der Waals surface area contributed by atoms with Gasteiger partial charge in [-0.15, -0.1) is 11.3 Å². The Morgan fingerprint density at radius 3 is 2.76 bits per heavy atom. The van der Waals surface area contributed by atoms with Crippen molar-refractivity contribution in [1.29, 1.82) is 0 Å². The van der Waals surface area contributed by atoms with Gasteiger partial charge in [0.25, 0.3) is 5.91 Å². The molecule has 8 heteroatoms. The molecule has 2 unspecified atom stereocenters. The van der Waals surface area contributed by atoms with Gasteiger partial charge in [-0.2, -0.15) is 0 Å². The summed E-state index contributed by atoms with van der Waals surface area (Å²) in [5, 5.41) is 11.3. The number of hydrogen-bond acceptors (Lipinski definition) is 6. The average Bonchev–Trinajstić information content (AvgIpc) is 3.37. The van der Waals surface area contributed by atoms with Crippen molar-refractivity contribution in [1.82, 2.24) is 9.88 Å². The van der Waals surface area contributed by atoms with Crippen LogP contribution in [-0.4, -0.2) is 45.9 Å². The number of hydrogen-bond donors (Lipinski definition) is 1.